The van der Waals surface area contributed by atoms with Crippen LogP contribution in [-0.4, -0.2) is 5.11 Å². The van der Waals surface area contributed by atoms with E-state index in [1.165, 1.54) is 0 Å². The molecule has 0 bridgehead atoms. The van der Waals surface area contributed by atoms with Crippen LogP contribution in [0.15, 0.2) is 78.9 Å². The number of benzene rings is 3. The molecule has 1 N–H and O–H groups in total. The topological polar surface area (TPSA) is 46.5 Å². The maximum absolute atomic E-state index is 12.5. The highest BCUT2D eigenvalue weighted by atomic mass is 31.1. The molecule has 22 heavy (non-hydrogen) atoms. The minimum atomic E-state index is -2.07. The maximum atomic E-state index is 12.5. The van der Waals surface area contributed by atoms with Gasteiger partial charge in [-0.1, -0.05) is 18.2 Å². The molecule has 1 unspecified atom stereocenters. The Kier molecular flexibility index (Phi) is 4.27. The molecule has 3 aromatic rings. The van der Waals surface area contributed by atoms with Crippen molar-refractivity contribution in [3.63, 3.8) is 0 Å². The van der Waals surface area contributed by atoms with Crippen LogP contribution in [0.25, 0.3) is 0 Å². The second kappa shape index (κ2) is 6.50. The number of para-hydroxylation sites is 1. The Labute approximate surface area is 129 Å². The lowest BCUT2D eigenvalue weighted by Gasteiger charge is -2.07. The van der Waals surface area contributed by atoms with Gasteiger partial charge in [0.1, 0.15) is 25.0 Å². The highest BCUT2D eigenvalue weighted by molar-refractivity contribution is 7.61. The first kappa shape index (κ1) is 14.4. The number of ether oxygens (including phenoxy) is 1. The number of hydrogen-bond donors (Lipinski definition) is 1. The fourth-order valence-corrected chi connectivity index (χ4v) is 3.35. The minimum absolute atomic E-state index is 0.171. The Morgan fingerprint density at radius 1 is 0.682 bits per heavy atom. The summed E-state index contributed by atoms with van der Waals surface area (Å²) in [4.78, 5) is 0. The Hall–Kier alpha value is -2.51. The zero-order chi connectivity index (χ0) is 15.4. The number of hydrogen-bond acceptors (Lipinski definition) is 3. The number of phenols is 1. The van der Waals surface area contributed by atoms with Gasteiger partial charge in [0.25, 0.3) is 0 Å². The largest absolute Gasteiger partial charge is 0.508 e. The van der Waals surface area contributed by atoms with Gasteiger partial charge in [0.15, 0.2) is 0 Å². The molecule has 110 valence electrons. The molecule has 1 atom stereocenters. The highest BCUT2D eigenvalue weighted by Gasteiger charge is 2.07. The van der Waals surface area contributed by atoms with Gasteiger partial charge >= 0.3 is 0 Å². The van der Waals surface area contributed by atoms with E-state index in [0.29, 0.717) is 5.75 Å². The third-order valence-electron chi connectivity index (χ3n) is 3.22. The Morgan fingerprint density at radius 2 is 1.18 bits per heavy atom. The molecule has 0 spiro atoms. The first-order valence-electron chi connectivity index (χ1n) is 6.89. The normalized spacial score (nSPS) is 11.8. The summed E-state index contributed by atoms with van der Waals surface area (Å²) in [7, 11) is -2.07. The van der Waals surface area contributed by atoms with Crippen LogP contribution in [0, 0.1) is 0 Å². The van der Waals surface area contributed by atoms with Crippen LogP contribution in [0.2, 0.25) is 0 Å². The standard InChI is InChI=1S/C18H15O3P/c19-14-6-10-17(11-7-14)22(20)18-12-8-16(9-13-18)21-15-4-2-1-3-5-15/h1-13,19,22H. The average molecular weight is 310 g/mol. The first-order valence-corrected chi connectivity index (χ1v) is 8.30. The fourth-order valence-electron chi connectivity index (χ4n) is 2.08. The van der Waals surface area contributed by atoms with Gasteiger partial charge in [-0.05, 0) is 60.7 Å². The second-order valence-electron chi connectivity index (χ2n) is 4.82. The summed E-state index contributed by atoms with van der Waals surface area (Å²) in [6.45, 7) is 0. The van der Waals surface area contributed by atoms with Crippen molar-refractivity contribution in [2.24, 2.45) is 0 Å². The minimum Gasteiger partial charge on any atom is -0.508 e. The van der Waals surface area contributed by atoms with Crippen LogP contribution in [0.3, 0.4) is 0 Å². The van der Waals surface area contributed by atoms with Gasteiger partial charge < -0.3 is 14.4 Å². The lowest BCUT2D eigenvalue weighted by Crippen LogP contribution is -2.05. The van der Waals surface area contributed by atoms with E-state index in [1.54, 1.807) is 24.3 Å². The molecule has 0 fully saturated rings. The molecule has 0 aromatic heterocycles. The Balaban J connectivity index is 1.76. The second-order valence-corrected chi connectivity index (χ2v) is 6.63. The average Bonchev–Trinajstić information content (AvgIpc) is 2.57. The van der Waals surface area contributed by atoms with Crippen LogP contribution in [0.4, 0.5) is 0 Å². The lowest BCUT2D eigenvalue weighted by molar-refractivity contribution is 0.475. The van der Waals surface area contributed by atoms with Crippen molar-refractivity contribution in [2.45, 2.75) is 0 Å². The van der Waals surface area contributed by atoms with Gasteiger partial charge in [0, 0.05) is 10.6 Å². The molecule has 0 aliphatic carbocycles. The molecule has 0 radical (unpaired) electrons. The van der Waals surface area contributed by atoms with Crippen LogP contribution >= 0.6 is 7.80 Å². The first-order chi connectivity index (χ1) is 10.7. The van der Waals surface area contributed by atoms with E-state index in [9.17, 15) is 9.67 Å². The molecule has 3 rings (SSSR count). The van der Waals surface area contributed by atoms with Crippen molar-refractivity contribution >= 4 is 18.4 Å². The van der Waals surface area contributed by atoms with Crippen molar-refractivity contribution in [1.82, 2.24) is 0 Å². The van der Waals surface area contributed by atoms with Gasteiger partial charge in [-0.2, -0.15) is 0 Å². The molecule has 0 aliphatic rings. The Bertz CT molecular complexity index is 766. The van der Waals surface area contributed by atoms with E-state index >= 15 is 0 Å². The zero-order valence-electron chi connectivity index (χ0n) is 11.8. The molecule has 4 heteroatoms. The van der Waals surface area contributed by atoms with Crippen LogP contribution in [0.5, 0.6) is 17.2 Å². The summed E-state index contributed by atoms with van der Waals surface area (Å²) in [5, 5.41) is 10.8. The third kappa shape index (κ3) is 3.38. The summed E-state index contributed by atoms with van der Waals surface area (Å²) in [5.74, 6) is 1.64. The zero-order valence-corrected chi connectivity index (χ0v) is 12.8. The summed E-state index contributed by atoms with van der Waals surface area (Å²) < 4.78 is 18.2. The van der Waals surface area contributed by atoms with Gasteiger partial charge in [0.2, 0.25) is 0 Å². The van der Waals surface area contributed by atoms with Crippen molar-refractivity contribution in [2.75, 3.05) is 0 Å². The predicted molar refractivity (Wildman–Crippen MR) is 89.3 cm³/mol. The van der Waals surface area contributed by atoms with Crippen LogP contribution in [0.1, 0.15) is 0 Å². The number of aromatic hydroxyl groups is 1. The van der Waals surface area contributed by atoms with Gasteiger partial charge in [-0.25, -0.2) is 0 Å². The predicted octanol–water partition coefficient (Wildman–Crippen LogP) is 3.70. The highest BCUT2D eigenvalue weighted by Crippen LogP contribution is 2.24. The summed E-state index contributed by atoms with van der Waals surface area (Å²) in [6.07, 6.45) is 0. The van der Waals surface area contributed by atoms with Crippen molar-refractivity contribution in [1.29, 1.82) is 0 Å². The fraction of sp³-hybridized carbons (Fsp3) is 0. The van der Waals surface area contributed by atoms with Gasteiger partial charge in [-0.3, -0.25) is 0 Å². The Morgan fingerprint density at radius 3 is 1.77 bits per heavy atom. The van der Waals surface area contributed by atoms with E-state index in [4.69, 9.17) is 4.74 Å². The lowest BCUT2D eigenvalue weighted by atomic mass is 10.3. The molecule has 0 saturated carbocycles. The molecular formula is C18H15O3P. The number of rotatable bonds is 4. The summed E-state index contributed by atoms with van der Waals surface area (Å²) in [6, 6.07) is 23.2. The van der Waals surface area contributed by atoms with Crippen LogP contribution in [-0.2, 0) is 4.57 Å². The molecule has 3 nitrogen and oxygen atoms in total. The quantitative estimate of drug-likeness (QED) is 0.748. The van der Waals surface area contributed by atoms with Gasteiger partial charge in [0.05, 0.1) is 0 Å². The van der Waals surface area contributed by atoms with Crippen molar-refractivity contribution in [3.05, 3.63) is 78.9 Å². The van der Waals surface area contributed by atoms with Crippen LogP contribution < -0.4 is 15.3 Å². The molecule has 0 saturated heterocycles. The molecule has 3 aromatic carbocycles. The van der Waals surface area contributed by atoms with Crippen molar-refractivity contribution < 1.29 is 14.4 Å². The monoisotopic (exact) mass is 310 g/mol. The smallest absolute Gasteiger partial charge is 0.131 e. The van der Waals surface area contributed by atoms with E-state index in [-0.39, 0.29) is 5.75 Å². The molecule has 0 amide bonds. The molecular weight excluding hydrogens is 295 g/mol. The van der Waals surface area contributed by atoms with E-state index in [1.807, 2.05) is 54.6 Å². The SMILES string of the molecule is O=[PH](c1ccc(O)cc1)c1ccc(Oc2ccccc2)cc1. The maximum Gasteiger partial charge on any atom is 0.131 e. The molecule has 0 aliphatic heterocycles. The number of phenolic OH excluding ortho intramolecular Hbond substituents is 1. The molecule has 0 heterocycles. The van der Waals surface area contributed by atoms with E-state index < -0.39 is 7.80 Å². The summed E-state index contributed by atoms with van der Waals surface area (Å²) >= 11 is 0. The van der Waals surface area contributed by atoms with Crippen molar-refractivity contribution in [3.8, 4) is 17.2 Å². The van der Waals surface area contributed by atoms with Gasteiger partial charge in [-0.15, -0.1) is 0 Å². The third-order valence-corrected chi connectivity index (χ3v) is 4.94. The summed E-state index contributed by atoms with van der Waals surface area (Å²) in [5.41, 5.74) is 0. The van der Waals surface area contributed by atoms with E-state index in [0.717, 1.165) is 16.4 Å². The van der Waals surface area contributed by atoms with E-state index in [2.05, 4.69) is 0 Å².